The summed E-state index contributed by atoms with van der Waals surface area (Å²) in [4.78, 5) is 35.3. The Bertz CT molecular complexity index is 1480. The van der Waals surface area contributed by atoms with E-state index in [2.05, 4.69) is 74.6 Å². The molecule has 462 valence electrons. The van der Waals surface area contributed by atoms with E-state index in [1.54, 1.807) is 0 Å². The van der Waals surface area contributed by atoms with E-state index in [-0.39, 0.29) is 38.6 Å². The lowest BCUT2D eigenvalue weighted by atomic mass is 10.0. The number of nitrogens with two attached hydrogens (primary N) is 1. The maximum absolute atomic E-state index is 12.7. The van der Waals surface area contributed by atoms with Crippen molar-refractivity contribution in [3.63, 3.8) is 0 Å². The Balaban J connectivity index is 3.78. The molecular weight excluding hydrogens is 1000 g/mol. The van der Waals surface area contributed by atoms with Crippen LogP contribution < -0.4 is 5.73 Å². The zero-order chi connectivity index (χ0) is 57.3. The molecule has 0 bridgehead atoms. The van der Waals surface area contributed by atoms with E-state index in [4.69, 9.17) is 24.3 Å². The van der Waals surface area contributed by atoms with Crippen LogP contribution in [0, 0.1) is 0 Å². The summed E-state index contributed by atoms with van der Waals surface area (Å²) in [6.45, 7) is 3.69. The minimum atomic E-state index is -4.39. The van der Waals surface area contributed by atoms with Crippen LogP contribution in [-0.4, -0.2) is 49.3 Å². The Morgan fingerprint density at radius 3 is 1.04 bits per heavy atom. The van der Waals surface area contributed by atoms with Crippen LogP contribution in [0.4, 0.5) is 0 Å². The zero-order valence-corrected chi connectivity index (χ0v) is 52.8. The maximum Gasteiger partial charge on any atom is 0.472 e. The first-order valence-electron chi connectivity index (χ1n) is 33.8. The molecule has 0 aliphatic rings. The van der Waals surface area contributed by atoms with Crippen molar-refractivity contribution in [2.24, 2.45) is 5.73 Å². The van der Waals surface area contributed by atoms with Crippen molar-refractivity contribution >= 4 is 19.8 Å². The molecule has 2 unspecified atom stereocenters. The highest BCUT2D eigenvalue weighted by Crippen LogP contribution is 2.43. The lowest BCUT2D eigenvalue weighted by molar-refractivity contribution is -0.161. The number of carbonyl (C=O) groups is 2. The minimum Gasteiger partial charge on any atom is -0.462 e. The fourth-order valence-corrected chi connectivity index (χ4v) is 10.7. The summed E-state index contributed by atoms with van der Waals surface area (Å²) in [5.41, 5.74) is 5.39. The first-order valence-corrected chi connectivity index (χ1v) is 35.3. The van der Waals surface area contributed by atoms with E-state index in [9.17, 15) is 19.0 Å². The lowest BCUT2D eigenvalue weighted by Gasteiger charge is -2.19. The molecule has 3 N–H and O–H groups in total. The van der Waals surface area contributed by atoms with Gasteiger partial charge in [0.05, 0.1) is 13.2 Å². The highest BCUT2D eigenvalue weighted by atomic mass is 31.2. The fourth-order valence-electron chi connectivity index (χ4n) is 9.96. The number of hydrogen-bond donors (Lipinski definition) is 2. The molecule has 79 heavy (non-hydrogen) atoms. The second-order valence-electron chi connectivity index (χ2n) is 22.7. The van der Waals surface area contributed by atoms with Crippen LogP contribution in [0.3, 0.4) is 0 Å². The highest BCUT2D eigenvalue weighted by molar-refractivity contribution is 7.47. The number of hydrogen-bond acceptors (Lipinski definition) is 8. The van der Waals surface area contributed by atoms with Gasteiger partial charge in [0.2, 0.25) is 0 Å². The molecule has 0 rings (SSSR count). The molecule has 2 atom stereocenters. The summed E-state index contributed by atoms with van der Waals surface area (Å²) < 4.78 is 33.1. The van der Waals surface area contributed by atoms with Crippen molar-refractivity contribution in [3.8, 4) is 0 Å². The van der Waals surface area contributed by atoms with E-state index in [1.165, 1.54) is 238 Å². The molecule has 0 saturated heterocycles. The molecule has 0 aromatic rings. The molecular formula is C69H128NO8P. The van der Waals surface area contributed by atoms with Crippen molar-refractivity contribution in [1.29, 1.82) is 0 Å². The van der Waals surface area contributed by atoms with Crippen LogP contribution in [0.1, 0.15) is 335 Å². The van der Waals surface area contributed by atoms with Crippen LogP contribution in [0.2, 0.25) is 0 Å². The molecule has 0 aliphatic heterocycles. The highest BCUT2D eigenvalue weighted by Gasteiger charge is 2.26. The number of unbranched alkanes of at least 4 members (excludes halogenated alkanes) is 41. The van der Waals surface area contributed by atoms with Gasteiger partial charge in [0.15, 0.2) is 6.10 Å². The van der Waals surface area contributed by atoms with Crippen molar-refractivity contribution in [3.05, 3.63) is 60.8 Å². The Hall–Kier alpha value is -2.29. The molecule has 0 aliphatic carbocycles. The van der Waals surface area contributed by atoms with E-state index in [0.717, 1.165) is 64.2 Å². The van der Waals surface area contributed by atoms with E-state index in [1.807, 2.05) is 0 Å². The van der Waals surface area contributed by atoms with Crippen molar-refractivity contribution in [1.82, 2.24) is 0 Å². The van der Waals surface area contributed by atoms with Gasteiger partial charge in [-0.15, -0.1) is 0 Å². The van der Waals surface area contributed by atoms with Gasteiger partial charge in [0, 0.05) is 19.4 Å². The molecule has 0 saturated carbocycles. The standard InChI is InChI=1S/C69H128NO8P/c1-3-5-7-9-11-13-15-17-19-21-23-24-25-26-27-28-29-30-31-32-33-34-35-36-37-38-39-40-41-42-44-46-48-50-52-54-56-58-60-62-69(72)78-67(66-77-79(73,74)76-64-63-70)65-75-68(71)61-59-57-55-53-51-49-47-45-43-22-20-18-16-14-12-10-8-6-4-2/h5,7,11,13,17,19,23-24,26-27,67H,3-4,6,8-10,12,14-16,18,20-22,25,28-66,70H2,1-2H3,(H,73,74)/b7-5-,13-11-,19-17-,24-23-,27-26-. The normalized spacial score (nSPS) is 13.3. The van der Waals surface area contributed by atoms with Gasteiger partial charge in [-0.25, -0.2) is 4.57 Å². The molecule has 0 amide bonds. The average Bonchev–Trinajstić information content (AvgIpc) is 3.44. The Labute approximate surface area is 489 Å². The predicted octanol–water partition coefficient (Wildman–Crippen LogP) is 21.9. The van der Waals surface area contributed by atoms with Gasteiger partial charge in [0.1, 0.15) is 6.61 Å². The Morgan fingerprint density at radius 1 is 0.392 bits per heavy atom. The van der Waals surface area contributed by atoms with E-state index >= 15 is 0 Å². The van der Waals surface area contributed by atoms with Gasteiger partial charge in [-0.05, 0) is 57.8 Å². The largest absolute Gasteiger partial charge is 0.472 e. The molecule has 0 spiro atoms. The van der Waals surface area contributed by atoms with Crippen LogP contribution in [0.25, 0.3) is 0 Å². The second-order valence-corrected chi connectivity index (χ2v) is 24.1. The number of esters is 2. The summed E-state index contributed by atoms with van der Waals surface area (Å²) in [5.74, 6) is -0.807. The van der Waals surface area contributed by atoms with Crippen molar-refractivity contribution in [2.45, 2.75) is 341 Å². The molecule has 0 aromatic carbocycles. The van der Waals surface area contributed by atoms with Crippen molar-refractivity contribution in [2.75, 3.05) is 26.4 Å². The van der Waals surface area contributed by atoms with Gasteiger partial charge >= 0.3 is 19.8 Å². The summed E-state index contributed by atoms with van der Waals surface area (Å²) in [5, 5.41) is 0. The van der Waals surface area contributed by atoms with E-state index in [0.29, 0.717) is 6.42 Å². The van der Waals surface area contributed by atoms with Crippen LogP contribution in [-0.2, 0) is 32.7 Å². The lowest BCUT2D eigenvalue weighted by Crippen LogP contribution is -2.29. The molecule has 0 heterocycles. The summed E-state index contributed by atoms with van der Waals surface area (Å²) in [7, 11) is -4.39. The zero-order valence-electron chi connectivity index (χ0n) is 51.9. The summed E-state index contributed by atoms with van der Waals surface area (Å²) in [6.07, 6.45) is 83.2. The molecule has 0 fully saturated rings. The first kappa shape index (κ1) is 76.7. The summed E-state index contributed by atoms with van der Waals surface area (Å²) in [6, 6.07) is 0. The number of allylic oxidation sites excluding steroid dienone is 10. The van der Waals surface area contributed by atoms with Crippen LogP contribution in [0.5, 0.6) is 0 Å². The van der Waals surface area contributed by atoms with Gasteiger partial charge in [-0.3, -0.25) is 18.6 Å². The Morgan fingerprint density at radius 2 is 0.696 bits per heavy atom. The van der Waals surface area contributed by atoms with E-state index < -0.39 is 26.5 Å². The first-order chi connectivity index (χ1) is 38.8. The average molecular weight is 1130 g/mol. The fraction of sp³-hybridized carbons (Fsp3) is 0.826. The van der Waals surface area contributed by atoms with Gasteiger partial charge in [-0.2, -0.15) is 0 Å². The summed E-state index contributed by atoms with van der Waals surface area (Å²) >= 11 is 0. The topological polar surface area (TPSA) is 134 Å². The quantitative estimate of drug-likeness (QED) is 0.0264. The monoisotopic (exact) mass is 1130 g/mol. The van der Waals surface area contributed by atoms with Crippen LogP contribution in [0.15, 0.2) is 60.8 Å². The number of ether oxygens (including phenoxy) is 2. The number of carbonyl (C=O) groups excluding carboxylic acids is 2. The molecule has 0 aromatic heterocycles. The number of phosphoric ester groups is 1. The third kappa shape index (κ3) is 64.7. The third-order valence-electron chi connectivity index (χ3n) is 14.9. The molecule has 10 heteroatoms. The second kappa shape index (κ2) is 64.9. The van der Waals surface area contributed by atoms with Gasteiger partial charge < -0.3 is 20.1 Å². The van der Waals surface area contributed by atoms with Crippen LogP contribution >= 0.6 is 7.82 Å². The predicted molar refractivity (Wildman–Crippen MR) is 340 cm³/mol. The van der Waals surface area contributed by atoms with Gasteiger partial charge in [-0.1, -0.05) is 325 Å². The third-order valence-corrected chi connectivity index (χ3v) is 15.9. The maximum atomic E-state index is 12.7. The molecule has 0 radical (unpaired) electrons. The van der Waals surface area contributed by atoms with Crippen molar-refractivity contribution < 1.29 is 37.6 Å². The SMILES string of the molecule is CC/C=C\C/C=C\C/C=C\C/C=C\C/C=C\CCCCCCCCCCCCCCCCCCCCCCCCCC(=O)OC(COC(=O)CCCCCCCCCCCCCCCCCCCCC)COP(=O)(O)OCCN. The minimum absolute atomic E-state index is 0.0557. The van der Waals surface area contributed by atoms with Gasteiger partial charge in [0.25, 0.3) is 0 Å². The smallest absolute Gasteiger partial charge is 0.462 e. The molecule has 9 nitrogen and oxygen atoms in total. The Kier molecular flexibility index (Phi) is 63.0. The number of rotatable bonds is 64. The number of phosphoric acid groups is 1.